The fourth-order valence-electron chi connectivity index (χ4n) is 0.965. The number of nitrogens with two attached hydrogens (primary N) is 1. The van der Waals surface area contributed by atoms with E-state index in [2.05, 4.69) is 4.98 Å². The van der Waals surface area contributed by atoms with Gasteiger partial charge in [-0.2, -0.15) is 4.98 Å². The normalized spacial score (nSPS) is 14.4. The average molecular weight is 170 g/mol. The SMILES string of the molecule is Nc1nc2c(cc1F)OCCO2. The molecule has 0 spiro atoms. The third-order valence-electron chi connectivity index (χ3n) is 1.51. The molecular formula is C7H7FN2O2. The number of rotatable bonds is 0. The van der Waals surface area contributed by atoms with Crippen LogP contribution in [0.3, 0.4) is 0 Å². The Morgan fingerprint density at radius 2 is 2.17 bits per heavy atom. The number of anilines is 1. The van der Waals surface area contributed by atoms with E-state index in [-0.39, 0.29) is 11.7 Å². The van der Waals surface area contributed by atoms with E-state index in [1.165, 1.54) is 6.07 Å². The summed E-state index contributed by atoms with van der Waals surface area (Å²) in [4.78, 5) is 3.67. The molecule has 1 aliphatic rings. The molecule has 0 bridgehead atoms. The molecule has 1 aromatic heterocycles. The predicted octanol–water partition coefficient (Wildman–Crippen LogP) is 0.574. The van der Waals surface area contributed by atoms with Gasteiger partial charge in [-0.05, 0) is 0 Å². The van der Waals surface area contributed by atoms with Gasteiger partial charge in [0.25, 0.3) is 5.88 Å². The Labute approximate surface area is 68.1 Å². The first-order valence-corrected chi connectivity index (χ1v) is 3.49. The van der Waals surface area contributed by atoms with Crippen molar-refractivity contribution in [2.45, 2.75) is 0 Å². The van der Waals surface area contributed by atoms with Crippen LogP contribution in [0.25, 0.3) is 0 Å². The number of nitrogens with zero attached hydrogens (tertiary/aromatic N) is 1. The smallest absolute Gasteiger partial charge is 0.259 e. The predicted molar refractivity (Wildman–Crippen MR) is 39.6 cm³/mol. The van der Waals surface area contributed by atoms with Crippen LogP contribution in [0, 0.1) is 5.82 Å². The van der Waals surface area contributed by atoms with E-state index >= 15 is 0 Å². The van der Waals surface area contributed by atoms with Crippen molar-refractivity contribution in [1.29, 1.82) is 0 Å². The molecule has 0 atom stereocenters. The summed E-state index contributed by atoms with van der Waals surface area (Å²) in [5.41, 5.74) is 5.22. The zero-order valence-corrected chi connectivity index (χ0v) is 6.21. The maximum absolute atomic E-state index is 12.8. The van der Waals surface area contributed by atoms with E-state index in [1.807, 2.05) is 0 Å². The summed E-state index contributed by atoms with van der Waals surface area (Å²) < 4.78 is 22.9. The number of aromatic nitrogens is 1. The lowest BCUT2D eigenvalue weighted by Gasteiger charge is -2.17. The van der Waals surface area contributed by atoms with E-state index in [0.29, 0.717) is 19.0 Å². The molecule has 4 nitrogen and oxygen atoms in total. The Balaban J connectivity index is 2.49. The van der Waals surface area contributed by atoms with Gasteiger partial charge in [0.05, 0.1) is 0 Å². The van der Waals surface area contributed by atoms with Crippen LogP contribution >= 0.6 is 0 Å². The van der Waals surface area contributed by atoms with Crippen molar-refractivity contribution in [3.63, 3.8) is 0 Å². The molecule has 0 saturated carbocycles. The van der Waals surface area contributed by atoms with Gasteiger partial charge in [-0.25, -0.2) is 4.39 Å². The third-order valence-corrected chi connectivity index (χ3v) is 1.51. The minimum atomic E-state index is -0.584. The molecule has 2 rings (SSSR count). The van der Waals surface area contributed by atoms with Crippen molar-refractivity contribution in [2.75, 3.05) is 18.9 Å². The van der Waals surface area contributed by atoms with Crippen LogP contribution in [-0.4, -0.2) is 18.2 Å². The molecule has 12 heavy (non-hydrogen) atoms. The Morgan fingerprint density at radius 3 is 3.00 bits per heavy atom. The first-order valence-electron chi connectivity index (χ1n) is 3.49. The van der Waals surface area contributed by atoms with Gasteiger partial charge in [-0.3, -0.25) is 0 Å². The summed E-state index contributed by atoms with van der Waals surface area (Å²) in [6.45, 7) is 0.836. The van der Waals surface area contributed by atoms with Crippen LogP contribution in [0.4, 0.5) is 10.2 Å². The van der Waals surface area contributed by atoms with E-state index in [1.54, 1.807) is 0 Å². The zero-order valence-electron chi connectivity index (χ0n) is 6.21. The molecule has 2 N–H and O–H groups in total. The van der Waals surface area contributed by atoms with E-state index in [0.717, 1.165) is 0 Å². The minimum absolute atomic E-state index is 0.167. The number of hydrogen-bond acceptors (Lipinski definition) is 4. The van der Waals surface area contributed by atoms with Crippen LogP contribution in [0.1, 0.15) is 0 Å². The lowest BCUT2D eigenvalue weighted by molar-refractivity contribution is 0.163. The van der Waals surface area contributed by atoms with Crippen LogP contribution < -0.4 is 15.2 Å². The number of hydrogen-bond donors (Lipinski definition) is 1. The van der Waals surface area contributed by atoms with Crippen molar-refractivity contribution in [1.82, 2.24) is 4.98 Å². The molecule has 0 aromatic carbocycles. The Bertz CT molecular complexity index is 286. The summed E-state index contributed by atoms with van der Waals surface area (Å²) in [6.07, 6.45) is 0. The molecule has 5 heteroatoms. The van der Waals surface area contributed by atoms with Crippen molar-refractivity contribution in [3.8, 4) is 11.6 Å². The molecule has 0 saturated heterocycles. The second-order valence-electron chi connectivity index (χ2n) is 2.36. The van der Waals surface area contributed by atoms with E-state index in [4.69, 9.17) is 15.2 Å². The lowest BCUT2D eigenvalue weighted by Crippen LogP contribution is -2.17. The number of ether oxygens (including phenoxy) is 2. The molecular weight excluding hydrogens is 163 g/mol. The standard InChI is InChI=1S/C7H7FN2O2/c8-4-3-5-7(10-6(4)9)12-2-1-11-5/h3H,1-2H2,(H2,9,10). The minimum Gasteiger partial charge on any atom is -0.484 e. The monoisotopic (exact) mass is 170 g/mol. The largest absolute Gasteiger partial charge is 0.484 e. The quantitative estimate of drug-likeness (QED) is 0.618. The highest BCUT2D eigenvalue weighted by Crippen LogP contribution is 2.29. The molecule has 2 heterocycles. The van der Waals surface area contributed by atoms with Gasteiger partial charge in [-0.15, -0.1) is 0 Å². The van der Waals surface area contributed by atoms with Crippen LogP contribution in [0.5, 0.6) is 11.6 Å². The summed E-state index contributed by atoms with van der Waals surface area (Å²) >= 11 is 0. The Hall–Kier alpha value is -1.52. The van der Waals surface area contributed by atoms with Crippen molar-refractivity contribution in [3.05, 3.63) is 11.9 Å². The van der Waals surface area contributed by atoms with Gasteiger partial charge < -0.3 is 15.2 Å². The number of halogens is 1. The Kier molecular flexibility index (Phi) is 1.49. The van der Waals surface area contributed by atoms with Gasteiger partial charge >= 0.3 is 0 Å². The lowest BCUT2D eigenvalue weighted by atomic mass is 10.4. The van der Waals surface area contributed by atoms with E-state index < -0.39 is 5.82 Å². The molecule has 64 valence electrons. The molecule has 0 fully saturated rings. The van der Waals surface area contributed by atoms with Gasteiger partial charge in [0.1, 0.15) is 13.2 Å². The molecule has 1 aliphatic heterocycles. The highest BCUT2D eigenvalue weighted by Gasteiger charge is 2.15. The fraction of sp³-hybridized carbons (Fsp3) is 0.286. The third kappa shape index (κ3) is 1.03. The second kappa shape index (κ2) is 2.51. The molecule has 0 amide bonds. The highest BCUT2D eigenvalue weighted by molar-refractivity contribution is 5.43. The molecule has 0 unspecified atom stereocenters. The number of pyridine rings is 1. The zero-order chi connectivity index (χ0) is 8.55. The van der Waals surface area contributed by atoms with Crippen molar-refractivity contribution >= 4 is 5.82 Å². The van der Waals surface area contributed by atoms with Crippen LogP contribution in [-0.2, 0) is 0 Å². The number of nitrogen functional groups attached to an aromatic ring is 1. The number of fused-ring (bicyclic) bond motifs is 1. The van der Waals surface area contributed by atoms with Gasteiger partial charge in [-0.1, -0.05) is 0 Å². The second-order valence-corrected chi connectivity index (χ2v) is 2.36. The van der Waals surface area contributed by atoms with Gasteiger partial charge in [0.15, 0.2) is 17.4 Å². The van der Waals surface area contributed by atoms with E-state index in [9.17, 15) is 4.39 Å². The molecule has 1 aromatic rings. The van der Waals surface area contributed by atoms with Crippen LogP contribution in [0.15, 0.2) is 6.07 Å². The van der Waals surface area contributed by atoms with Crippen molar-refractivity contribution in [2.24, 2.45) is 0 Å². The average Bonchev–Trinajstić information content (AvgIpc) is 2.07. The first-order chi connectivity index (χ1) is 5.77. The maximum atomic E-state index is 12.8. The topological polar surface area (TPSA) is 57.4 Å². The highest BCUT2D eigenvalue weighted by atomic mass is 19.1. The van der Waals surface area contributed by atoms with Crippen LogP contribution in [0.2, 0.25) is 0 Å². The summed E-state index contributed by atoms with van der Waals surface area (Å²) in [5.74, 6) is -0.174. The summed E-state index contributed by atoms with van der Waals surface area (Å²) in [5, 5.41) is 0. The first kappa shape index (κ1) is 7.15. The molecule has 0 radical (unpaired) electrons. The van der Waals surface area contributed by atoms with Gasteiger partial charge in [0, 0.05) is 6.07 Å². The van der Waals surface area contributed by atoms with Crippen molar-refractivity contribution < 1.29 is 13.9 Å². The summed E-state index contributed by atoms with van der Waals surface area (Å²) in [7, 11) is 0. The van der Waals surface area contributed by atoms with Gasteiger partial charge in [0.2, 0.25) is 0 Å². The summed E-state index contributed by atoms with van der Waals surface area (Å²) in [6, 6.07) is 1.18. The fourth-order valence-corrected chi connectivity index (χ4v) is 0.965. The molecule has 0 aliphatic carbocycles. The Morgan fingerprint density at radius 1 is 1.42 bits per heavy atom. The maximum Gasteiger partial charge on any atom is 0.259 e.